The van der Waals surface area contributed by atoms with E-state index in [1.807, 2.05) is 13.8 Å². The maximum absolute atomic E-state index is 11.5. The number of hydrogen-bond acceptors (Lipinski definition) is 2. The van der Waals surface area contributed by atoms with Gasteiger partial charge in [-0.25, -0.2) is 4.79 Å². The van der Waals surface area contributed by atoms with Crippen LogP contribution in [0.3, 0.4) is 0 Å². The normalized spacial score (nSPS) is 12.7. The van der Waals surface area contributed by atoms with Crippen LogP contribution in [0.5, 0.6) is 0 Å². The lowest BCUT2D eigenvalue weighted by molar-refractivity contribution is -0.137. The van der Waals surface area contributed by atoms with Crippen molar-refractivity contribution in [3.63, 3.8) is 0 Å². The second kappa shape index (κ2) is 6.39. The van der Waals surface area contributed by atoms with E-state index in [1.54, 1.807) is 6.08 Å². The molecule has 22 heavy (non-hydrogen) atoms. The first-order valence-electron chi connectivity index (χ1n) is 7.74. The van der Waals surface area contributed by atoms with Crippen molar-refractivity contribution in [3.8, 4) is 0 Å². The Kier molecular flexibility index (Phi) is 4.74. The average Bonchev–Trinajstić information content (AvgIpc) is 2.79. The number of rotatable bonds is 4. The molecule has 0 amide bonds. The summed E-state index contributed by atoms with van der Waals surface area (Å²) in [6.45, 7) is 11.8. The molecular weight excluding hydrogens is 274 g/mol. The second-order valence-electron chi connectivity index (χ2n) is 6.86. The topological polar surface area (TPSA) is 31.2 Å². The van der Waals surface area contributed by atoms with E-state index in [9.17, 15) is 4.79 Å². The van der Waals surface area contributed by atoms with Gasteiger partial charge in [0.15, 0.2) is 0 Å². The van der Waals surface area contributed by atoms with Crippen LogP contribution in [-0.4, -0.2) is 17.1 Å². The molecule has 0 spiro atoms. The minimum Gasteiger partial charge on any atom is -0.463 e. The van der Waals surface area contributed by atoms with Gasteiger partial charge >= 0.3 is 5.97 Å². The highest BCUT2D eigenvalue weighted by atomic mass is 16.5. The Bertz CT molecular complexity index is 702. The SMILES string of the molecule is CCOC(=O)/C=C(\C)c1ccc2c(ccn2CC(C)(C)C)c1. The van der Waals surface area contributed by atoms with Gasteiger partial charge in [0.1, 0.15) is 0 Å². The highest BCUT2D eigenvalue weighted by molar-refractivity contribution is 5.92. The fourth-order valence-electron chi connectivity index (χ4n) is 2.54. The number of nitrogens with zero attached hydrogens (tertiary/aromatic N) is 1. The van der Waals surface area contributed by atoms with Crippen LogP contribution in [0, 0.1) is 5.41 Å². The van der Waals surface area contributed by atoms with Gasteiger partial charge in [0, 0.05) is 29.7 Å². The van der Waals surface area contributed by atoms with Crippen molar-refractivity contribution in [2.45, 2.75) is 41.2 Å². The number of benzene rings is 1. The largest absolute Gasteiger partial charge is 0.463 e. The van der Waals surface area contributed by atoms with Gasteiger partial charge in [0.25, 0.3) is 0 Å². The van der Waals surface area contributed by atoms with Crippen LogP contribution in [0.25, 0.3) is 16.5 Å². The molecule has 0 aliphatic heterocycles. The molecule has 118 valence electrons. The summed E-state index contributed by atoms with van der Waals surface area (Å²) in [6, 6.07) is 8.44. The molecule has 0 radical (unpaired) electrons. The van der Waals surface area contributed by atoms with E-state index < -0.39 is 0 Å². The van der Waals surface area contributed by atoms with E-state index in [2.05, 4.69) is 55.8 Å². The highest BCUT2D eigenvalue weighted by Crippen LogP contribution is 2.25. The molecule has 0 saturated carbocycles. The smallest absolute Gasteiger partial charge is 0.331 e. The third kappa shape index (κ3) is 4.00. The van der Waals surface area contributed by atoms with E-state index in [-0.39, 0.29) is 11.4 Å². The molecule has 0 fully saturated rings. The molecule has 1 heterocycles. The zero-order valence-corrected chi connectivity index (χ0v) is 14.1. The summed E-state index contributed by atoms with van der Waals surface area (Å²) in [5, 5.41) is 1.19. The van der Waals surface area contributed by atoms with Crippen molar-refractivity contribution in [2.75, 3.05) is 6.61 Å². The zero-order valence-electron chi connectivity index (χ0n) is 14.1. The first-order chi connectivity index (χ1) is 10.3. The van der Waals surface area contributed by atoms with Crippen molar-refractivity contribution < 1.29 is 9.53 Å². The molecule has 0 unspecified atom stereocenters. The van der Waals surface area contributed by atoms with Gasteiger partial charge in [0.05, 0.1) is 6.61 Å². The second-order valence-corrected chi connectivity index (χ2v) is 6.86. The summed E-state index contributed by atoms with van der Waals surface area (Å²) in [5.41, 5.74) is 3.44. The van der Waals surface area contributed by atoms with Gasteiger partial charge in [0.2, 0.25) is 0 Å². The molecule has 0 atom stereocenters. The number of ether oxygens (including phenoxy) is 1. The lowest BCUT2D eigenvalue weighted by Crippen LogP contribution is -2.14. The fourth-order valence-corrected chi connectivity index (χ4v) is 2.54. The molecular formula is C19H25NO2. The Labute approximate surface area is 132 Å². The maximum Gasteiger partial charge on any atom is 0.331 e. The Morgan fingerprint density at radius 1 is 1.27 bits per heavy atom. The molecule has 0 N–H and O–H groups in total. The molecule has 3 heteroatoms. The first-order valence-corrected chi connectivity index (χ1v) is 7.74. The Morgan fingerprint density at radius 3 is 2.64 bits per heavy atom. The molecule has 0 aliphatic rings. The van der Waals surface area contributed by atoms with Gasteiger partial charge in [-0.2, -0.15) is 0 Å². The van der Waals surface area contributed by atoms with Crippen molar-refractivity contribution >= 4 is 22.4 Å². The predicted octanol–water partition coefficient (Wildman–Crippen LogP) is 4.65. The number of carbonyl (C=O) groups is 1. The first kappa shape index (κ1) is 16.3. The lowest BCUT2D eigenvalue weighted by atomic mass is 9.97. The molecule has 3 nitrogen and oxygen atoms in total. The van der Waals surface area contributed by atoms with Crippen LogP contribution in [0.15, 0.2) is 36.5 Å². The Morgan fingerprint density at radius 2 is 2.00 bits per heavy atom. The summed E-state index contributed by atoms with van der Waals surface area (Å²) in [4.78, 5) is 11.5. The molecule has 1 aromatic heterocycles. The van der Waals surface area contributed by atoms with E-state index in [0.29, 0.717) is 6.61 Å². The van der Waals surface area contributed by atoms with Crippen LogP contribution >= 0.6 is 0 Å². The van der Waals surface area contributed by atoms with Gasteiger partial charge < -0.3 is 9.30 Å². The quantitative estimate of drug-likeness (QED) is 0.607. The summed E-state index contributed by atoms with van der Waals surface area (Å²) < 4.78 is 7.24. The summed E-state index contributed by atoms with van der Waals surface area (Å²) in [7, 11) is 0. The van der Waals surface area contributed by atoms with E-state index in [4.69, 9.17) is 4.74 Å². The maximum atomic E-state index is 11.5. The highest BCUT2D eigenvalue weighted by Gasteiger charge is 2.13. The standard InChI is InChI=1S/C19H25NO2/c1-6-22-18(21)11-14(2)15-7-8-17-16(12-15)9-10-20(17)13-19(3,4)5/h7-12H,6,13H2,1-5H3/b14-11+. The lowest BCUT2D eigenvalue weighted by Gasteiger charge is -2.19. The zero-order chi connectivity index (χ0) is 16.3. The summed E-state index contributed by atoms with van der Waals surface area (Å²) in [5.74, 6) is -0.287. The average molecular weight is 299 g/mol. The third-order valence-electron chi connectivity index (χ3n) is 3.49. The number of hydrogen-bond donors (Lipinski definition) is 0. The Balaban J connectivity index is 2.30. The van der Waals surface area contributed by atoms with Crippen molar-refractivity contribution in [3.05, 3.63) is 42.1 Å². The van der Waals surface area contributed by atoms with Gasteiger partial charge in [-0.1, -0.05) is 26.8 Å². The summed E-state index contributed by atoms with van der Waals surface area (Å²) in [6.07, 6.45) is 3.68. The number of esters is 1. The number of carbonyl (C=O) groups excluding carboxylic acids is 1. The van der Waals surface area contributed by atoms with E-state index in [1.165, 1.54) is 10.9 Å². The minimum atomic E-state index is -0.287. The molecule has 0 bridgehead atoms. The third-order valence-corrected chi connectivity index (χ3v) is 3.49. The minimum absolute atomic E-state index is 0.240. The van der Waals surface area contributed by atoms with Gasteiger partial charge in [-0.05, 0) is 48.6 Å². The predicted molar refractivity (Wildman–Crippen MR) is 91.7 cm³/mol. The fraction of sp³-hybridized carbons (Fsp3) is 0.421. The van der Waals surface area contributed by atoms with Crippen molar-refractivity contribution in [1.29, 1.82) is 0 Å². The molecule has 2 aromatic rings. The molecule has 1 aromatic carbocycles. The Hall–Kier alpha value is -2.03. The molecule has 0 saturated heterocycles. The number of aromatic nitrogens is 1. The van der Waals surface area contributed by atoms with Crippen LogP contribution < -0.4 is 0 Å². The van der Waals surface area contributed by atoms with Gasteiger partial charge in [-0.3, -0.25) is 0 Å². The van der Waals surface area contributed by atoms with Crippen molar-refractivity contribution in [2.24, 2.45) is 5.41 Å². The van der Waals surface area contributed by atoms with Crippen LogP contribution in [0.4, 0.5) is 0 Å². The molecule has 2 rings (SSSR count). The van der Waals surface area contributed by atoms with Crippen LogP contribution in [0.1, 0.15) is 40.2 Å². The van der Waals surface area contributed by atoms with Gasteiger partial charge in [-0.15, -0.1) is 0 Å². The summed E-state index contributed by atoms with van der Waals surface area (Å²) >= 11 is 0. The van der Waals surface area contributed by atoms with Crippen molar-refractivity contribution in [1.82, 2.24) is 4.57 Å². The number of allylic oxidation sites excluding steroid dienone is 1. The molecule has 0 aliphatic carbocycles. The number of fused-ring (bicyclic) bond motifs is 1. The van der Waals surface area contributed by atoms with E-state index in [0.717, 1.165) is 17.7 Å². The van der Waals surface area contributed by atoms with E-state index >= 15 is 0 Å². The van der Waals surface area contributed by atoms with Crippen LogP contribution in [0.2, 0.25) is 0 Å². The van der Waals surface area contributed by atoms with Crippen LogP contribution in [-0.2, 0) is 16.1 Å². The monoisotopic (exact) mass is 299 g/mol.